The lowest BCUT2D eigenvalue weighted by atomic mass is 10.3. The highest BCUT2D eigenvalue weighted by molar-refractivity contribution is 9.09. The van der Waals surface area contributed by atoms with E-state index < -0.39 is 0 Å². The maximum Gasteiger partial charge on any atom is 0.228 e. The second-order valence-corrected chi connectivity index (χ2v) is 5.26. The standard InChI is InChI=1S/C10H10BrClN2O/c1-6-2-8(4-13-10(6)12)14-5-7(11)3-9(14)15/h2,4,7H,3,5H2,1H3. The number of halogens is 2. The average molecular weight is 290 g/mol. The van der Waals surface area contributed by atoms with Crippen LogP contribution >= 0.6 is 27.5 Å². The first kappa shape index (κ1) is 10.9. The summed E-state index contributed by atoms with van der Waals surface area (Å²) in [6.07, 6.45) is 2.18. The van der Waals surface area contributed by atoms with Gasteiger partial charge in [-0.25, -0.2) is 4.98 Å². The lowest BCUT2D eigenvalue weighted by Gasteiger charge is -2.16. The number of carbonyl (C=O) groups is 1. The molecule has 1 fully saturated rings. The molecule has 0 spiro atoms. The zero-order valence-corrected chi connectivity index (χ0v) is 10.5. The van der Waals surface area contributed by atoms with Crippen LogP contribution in [0.2, 0.25) is 5.15 Å². The zero-order chi connectivity index (χ0) is 11.0. The van der Waals surface area contributed by atoms with E-state index in [0.29, 0.717) is 18.1 Å². The van der Waals surface area contributed by atoms with Gasteiger partial charge in [-0.1, -0.05) is 27.5 Å². The number of aromatic nitrogens is 1. The number of rotatable bonds is 1. The molecule has 1 amide bonds. The number of nitrogens with zero attached hydrogens (tertiary/aromatic N) is 2. The Hall–Kier alpha value is -0.610. The zero-order valence-electron chi connectivity index (χ0n) is 8.20. The minimum Gasteiger partial charge on any atom is -0.310 e. The summed E-state index contributed by atoms with van der Waals surface area (Å²) in [4.78, 5) is 17.6. The number of alkyl halides is 1. The lowest BCUT2D eigenvalue weighted by Crippen LogP contribution is -2.24. The quantitative estimate of drug-likeness (QED) is 0.588. The normalized spacial score (nSPS) is 21.1. The van der Waals surface area contributed by atoms with E-state index in [1.165, 1.54) is 0 Å². The van der Waals surface area contributed by atoms with Crippen molar-refractivity contribution in [1.82, 2.24) is 4.98 Å². The van der Waals surface area contributed by atoms with Gasteiger partial charge in [0.15, 0.2) is 0 Å². The van der Waals surface area contributed by atoms with E-state index in [-0.39, 0.29) is 10.7 Å². The van der Waals surface area contributed by atoms with E-state index in [1.54, 1.807) is 11.1 Å². The van der Waals surface area contributed by atoms with Crippen molar-refractivity contribution in [2.24, 2.45) is 0 Å². The predicted molar refractivity (Wildman–Crippen MR) is 63.7 cm³/mol. The smallest absolute Gasteiger partial charge is 0.228 e. The molecule has 80 valence electrons. The van der Waals surface area contributed by atoms with Crippen LogP contribution in [0.3, 0.4) is 0 Å². The maximum absolute atomic E-state index is 11.6. The highest BCUT2D eigenvalue weighted by atomic mass is 79.9. The van der Waals surface area contributed by atoms with Gasteiger partial charge in [0.1, 0.15) is 5.15 Å². The van der Waals surface area contributed by atoms with Crippen molar-refractivity contribution in [3.8, 4) is 0 Å². The van der Waals surface area contributed by atoms with Crippen molar-refractivity contribution >= 4 is 39.1 Å². The summed E-state index contributed by atoms with van der Waals surface area (Å²) in [7, 11) is 0. The Morgan fingerprint density at radius 2 is 2.40 bits per heavy atom. The molecule has 0 N–H and O–H groups in total. The number of hydrogen-bond donors (Lipinski definition) is 0. The van der Waals surface area contributed by atoms with Gasteiger partial charge in [0.25, 0.3) is 0 Å². The topological polar surface area (TPSA) is 33.2 Å². The Kier molecular flexibility index (Phi) is 2.98. The van der Waals surface area contributed by atoms with Gasteiger partial charge < -0.3 is 4.90 Å². The molecule has 3 nitrogen and oxygen atoms in total. The summed E-state index contributed by atoms with van der Waals surface area (Å²) in [5.74, 6) is 0.125. The fourth-order valence-corrected chi connectivity index (χ4v) is 2.27. The second kappa shape index (κ2) is 4.10. The van der Waals surface area contributed by atoms with E-state index in [9.17, 15) is 4.79 Å². The van der Waals surface area contributed by atoms with Crippen molar-refractivity contribution in [3.05, 3.63) is 23.0 Å². The van der Waals surface area contributed by atoms with E-state index in [4.69, 9.17) is 11.6 Å². The summed E-state index contributed by atoms with van der Waals surface area (Å²) in [5, 5.41) is 0.487. The van der Waals surface area contributed by atoms with Gasteiger partial charge in [0, 0.05) is 17.8 Å². The highest BCUT2D eigenvalue weighted by Crippen LogP contribution is 2.26. The summed E-state index contributed by atoms with van der Waals surface area (Å²) < 4.78 is 0. The molecule has 0 bridgehead atoms. The fourth-order valence-electron chi connectivity index (χ4n) is 1.60. The third-order valence-corrected chi connectivity index (χ3v) is 3.40. The number of amides is 1. The lowest BCUT2D eigenvalue weighted by molar-refractivity contribution is -0.117. The SMILES string of the molecule is Cc1cc(N2CC(Br)CC2=O)cnc1Cl. The summed E-state index contributed by atoms with van der Waals surface area (Å²) >= 11 is 9.27. The van der Waals surface area contributed by atoms with Crippen LogP contribution in [0.1, 0.15) is 12.0 Å². The van der Waals surface area contributed by atoms with Crippen molar-refractivity contribution in [2.75, 3.05) is 11.4 Å². The van der Waals surface area contributed by atoms with Crippen LogP contribution in [0.15, 0.2) is 12.3 Å². The molecule has 1 aromatic heterocycles. The van der Waals surface area contributed by atoms with Crippen molar-refractivity contribution in [2.45, 2.75) is 18.2 Å². The predicted octanol–water partition coefficient (Wildman–Crippen LogP) is 2.54. The molecule has 1 unspecified atom stereocenters. The Morgan fingerprint density at radius 3 is 2.93 bits per heavy atom. The largest absolute Gasteiger partial charge is 0.310 e. The number of anilines is 1. The molecule has 2 heterocycles. The summed E-state index contributed by atoms with van der Waals surface area (Å²) in [6.45, 7) is 2.58. The Bertz CT molecular complexity index is 410. The first-order valence-electron chi connectivity index (χ1n) is 4.64. The minimum absolute atomic E-state index is 0.125. The molecule has 1 saturated heterocycles. The van der Waals surface area contributed by atoms with E-state index in [2.05, 4.69) is 20.9 Å². The van der Waals surface area contributed by atoms with Crippen molar-refractivity contribution in [1.29, 1.82) is 0 Å². The molecular formula is C10H10BrClN2O. The van der Waals surface area contributed by atoms with Crippen LogP contribution in [0, 0.1) is 6.92 Å². The van der Waals surface area contributed by atoms with Crippen LogP contribution < -0.4 is 4.90 Å². The number of aryl methyl sites for hydroxylation is 1. The van der Waals surface area contributed by atoms with Crippen molar-refractivity contribution in [3.63, 3.8) is 0 Å². The highest BCUT2D eigenvalue weighted by Gasteiger charge is 2.29. The summed E-state index contributed by atoms with van der Waals surface area (Å²) in [5.41, 5.74) is 1.71. The molecule has 2 rings (SSSR count). The molecule has 1 atom stereocenters. The molecule has 15 heavy (non-hydrogen) atoms. The Labute approximate surface area is 102 Å². The van der Waals surface area contributed by atoms with Crippen LogP contribution in [0.5, 0.6) is 0 Å². The number of carbonyl (C=O) groups excluding carboxylic acids is 1. The van der Waals surface area contributed by atoms with Gasteiger partial charge in [-0.2, -0.15) is 0 Å². The monoisotopic (exact) mass is 288 g/mol. The van der Waals surface area contributed by atoms with Gasteiger partial charge in [0.05, 0.1) is 11.9 Å². The van der Waals surface area contributed by atoms with Gasteiger partial charge in [-0.15, -0.1) is 0 Å². The number of pyridine rings is 1. The van der Waals surface area contributed by atoms with Gasteiger partial charge in [-0.3, -0.25) is 4.79 Å². The second-order valence-electron chi connectivity index (χ2n) is 3.61. The molecule has 5 heteroatoms. The molecule has 1 aliphatic heterocycles. The molecule has 0 radical (unpaired) electrons. The molecule has 1 aliphatic rings. The fraction of sp³-hybridized carbons (Fsp3) is 0.400. The van der Waals surface area contributed by atoms with Crippen LogP contribution in [-0.2, 0) is 4.79 Å². The first-order valence-corrected chi connectivity index (χ1v) is 5.94. The first-order chi connectivity index (χ1) is 7.08. The third-order valence-electron chi connectivity index (χ3n) is 2.39. The van der Waals surface area contributed by atoms with Crippen LogP contribution in [0.4, 0.5) is 5.69 Å². The van der Waals surface area contributed by atoms with Crippen LogP contribution in [-0.4, -0.2) is 22.3 Å². The average Bonchev–Trinajstić information content (AvgIpc) is 2.50. The van der Waals surface area contributed by atoms with Gasteiger partial charge >= 0.3 is 0 Å². The molecule has 0 aromatic carbocycles. The molecule has 0 saturated carbocycles. The Balaban J connectivity index is 2.30. The van der Waals surface area contributed by atoms with Crippen LogP contribution in [0.25, 0.3) is 0 Å². The molecule has 1 aromatic rings. The van der Waals surface area contributed by atoms with E-state index in [1.807, 2.05) is 13.0 Å². The van der Waals surface area contributed by atoms with Crippen molar-refractivity contribution < 1.29 is 4.79 Å². The summed E-state index contributed by atoms with van der Waals surface area (Å²) in [6, 6.07) is 1.89. The Morgan fingerprint density at radius 1 is 1.67 bits per heavy atom. The number of hydrogen-bond acceptors (Lipinski definition) is 2. The molecular weight excluding hydrogens is 279 g/mol. The van der Waals surface area contributed by atoms with Gasteiger partial charge in [-0.05, 0) is 18.6 Å². The third kappa shape index (κ3) is 2.16. The maximum atomic E-state index is 11.6. The minimum atomic E-state index is 0.125. The molecule has 0 aliphatic carbocycles. The van der Waals surface area contributed by atoms with E-state index in [0.717, 1.165) is 11.3 Å². The van der Waals surface area contributed by atoms with Gasteiger partial charge in [0.2, 0.25) is 5.91 Å². The van der Waals surface area contributed by atoms with E-state index >= 15 is 0 Å².